The zero-order chi connectivity index (χ0) is 31.3. The summed E-state index contributed by atoms with van der Waals surface area (Å²) in [7, 11) is 5.53. The van der Waals surface area contributed by atoms with Gasteiger partial charge in [-0.15, -0.1) is 0 Å². The monoisotopic (exact) mass is 727 g/mol. The molecule has 6 heteroatoms. The van der Waals surface area contributed by atoms with Gasteiger partial charge in [-0.3, -0.25) is 0 Å². The van der Waals surface area contributed by atoms with Crippen LogP contribution in [0.25, 0.3) is 11.1 Å². The molecule has 3 nitrogen and oxygen atoms in total. The second-order valence-electron chi connectivity index (χ2n) is 12.6. The second kappa shape index (κ2) is 18.7. The number of para-hydroxylation sites is 1. The predicted molar refractivity (Wildman–Crippen MR) is 188 cm³/mol. The number of rotatable bonds is 11. The third-order valence-electron chi connectivity index (χ3n) is 8.51. The molecule has 44 heavy (non-hydrogen) atoms. The molecule has 2 aliphatic carbocycles. The number of benzene rings is 3. The fraction of sp³-hybridized carbons (Fsp3) is 0.526. The van der Waals surface area contributed by atoms with Crippen LogP contribution in [0.5, 0.6) is 11.5 Å². The Morgan fingerprint density at radius 1 is 0.727 bits per heavy atom. The normalized spacial score (nSPS) is 16.3. The Kier molecular flexibility index (Phi) is 15.0. The number of nitrogens with two attached hydrogens (primary N) is 1. The van der Waals surface area contributed by atoms with Crippen LogP contribution in [0, 0.1) is 0 Å². The molecule has 2 N–H and O–H groups in total. The Hall–Kier alpha value is -1.40. The molecular formula is C38H53ClNO2PPd. The van der Waals surface area contributed by atoms with Crippen LogP contribution in [0.15, 0.2) is 66.7 Å². The van der Waals surface area contributed by atoms with E-state index in [-0.39, 0.29) is 37.1 Å². The maximum absolute atomic E-state index is 6.48. The summed E-state index contributed by atoms with van der Waals surface area (Å²) in [6.45, 7) is 9.20. The van der Waals surface area contributed by atoms with Crippen molar-refractivity contribution in [2.24, 2.45) is 5.73 Å². The Morgan fingerprint density at radius 3 is 1.86 bits per heavy atom. The zero-order valence-corrected chi connectivity index (χ0v) is 30.4. The van der Waals surface area contributed by atoms with E-state index in [1.165, 1.54) is 84.9 Å². The number of hydrogen-bond donors (Lipinski definition) is 1. The second-order valence-corrected chi connectivity index (χ2v) is 17.2. The van der Waals surface area contributed by atoms with E-state index in [9.17, 15) is 0 Å². The third-order valence-corrected chi connectivity index (χ3v) is 13.9. The Balaban J connectivity index is 0.000000339. The van der Waals surface area contributed by atoms with Gasteiger partial charge in [-0.1, -0.05) is 76.8 Å². The first-order valence-electron chi connectivity index (χ1n) is 16.8. The van der Waals surface area contributed by atoms with Gasteiger partial charge in [0.2, 0.25) is 0 Å². The van der Waals surface area contributed by atoms with E-state index >= 15 is 0 Å². The number of ether oxygens (including phenoxy) is 2. The molecule has 5 rings (SSSR count). The molecule has 0 saturated heterocycles. The van der Waals surface area contributed by atoms with Crippen molar-refractivity contribution >= 4 is 26.8 Å². The summed E-state index contributed by atoms with van der Waals surface area (Å²) < 4.78 is 14.1. The molecule has 3 aromatic carbocycles. The molecule has 0 aromatic heterocycles. The van der Waals surface area contributed by atoms with E-state index in [0.717, 1.165) is 29.2 Å². The first-order valence-corrected chi connectivity index (χ1v) is 21.0. The Labute approximate surface area is 280 Å². The molecule has 0 radical (unpaired) electrons. The fourth-order valence-corrected chi connectivity index (χ4v) is 12.1. The predicted octanol–water partition coefficient (Wildman–Crippen LogP) is 9.75. The average molecular weight is 729 g/mol. The van der Waals surface area contributed by atoms with Crippen LogP contribution in [-0.2, 0) is 23.4 Å². The topological polar surface area (TPSA) is 44.5 Å². The van der Waals surface area contributed by atoms with E-state index in [2.05, 4.69) is 82.3 Å². The molecule has 0 atom stereocenters. The summed E-state index contributed by atoms with van der Waals surface area (Å²) >= 11 is 0.176. The first kappa shape index (κ1) is 35.5. The van der Waals surface area contributed by atoms with E-state index in [4.69, 9.17) is 24.7 Å². The molecule has 2 fully saturated rings. The van der Waals surface area contributed by atoms with Crippen molar-refractivity contribution in [2.45, 2.75) is 122 Å². The molecule has 0 spiro atoms. The molecule has 0 bridgehead atoms. The van der Waals surface area contributed by atoms with Crippen molar-refractivity contribution in [1.82, 2.24) is 0 Å². The molecule has 2 aliphatic rings. The molecule has 0 aliphatic heterocycles. The number of halogens is 1. The van der Waals surface area contributed by atoms with Crippen molar-refractivity contribution in [3.8, 4) is 22.6 Å². The van der Waals surface area contributed by atoms with Gasteiger partial charge in [0.25, 0.3) is 0 Å². The van der Waals surface area contributed by atoms with E-state index in [0.29, 0.717) is 6.54 Å². The van der Waals surface area contributed by atoms with Crippen molar-refractivity contribution in [2.75, 3.05) is 6.54 Å². The summed E-state index contributed by atoms with van der Waals surface area (Å²) in [5, 5.41) is 1.57. The first-order chi connectivity index (χ1) is 21.4. The zero-order valence-electron chi connectivity index (χ0n) is 27.2. The van der Waals surface area contributed by atoms with Gasteiger partial charge < -0.3 is 9.47 Å². The van der Waals surface area contributed by atoms with Crippen LogP contribution < -0.4 is 24.5 Å². The molecule has 0 amide bonds. The van der Waals surface area contributed by atoms with Crippen molar-refractivity contribution in [1.29, 1.82) is 0 Å². The molecule has 3 aromatic rings. The van der Waals surface area contributed by atoms with Gasteiger partial charge in [0.05, 0.1) is 12.2 Å². The summed E-state index contributed by atoms with van der Waals surface area (Å²) in [6, 6.07) is 23.7. The van der Waals surface area contributed by atoms with Crippen LogP contribution in [0.1, 0.15) is 97.5 Å². The van der Waals surface area contributed by atoms with Gasteiger partial charge >= 0.3 is 79.1 Å². The van der Waals surface area contributed by atoms with Crippen molar-refractivity contribution < 1.29 is 26.4 Å². The molecule has 0 unspecified atom stereocenters. The summed E-state index contributed by atoms with van der Waals surface area (Å²) in [6.07, 6.45) is 15.3. The van der Waals surface area contributed by atoms with Crippen LogP contribution >= 0.6 is 17.5 Å². The van der Waals surface area contributed by atoms with Gasteiger partial charge in [0.15, 0.2) is 0 Å². The molecule has 0 heterocycles. The van der Waals surface area contributed by atoms with E-state index < -0.39 is 0 Å². The summed E-state index contributed by atoms with van der Waals surface area (Å²) in [4.78, 5) is 0. The summed E-state index contributed by atoms with van der Waals surface area (Å²) in [5.74, 6) is 2.01. The third kappa shape index (κ3) is 10.0. The Bertz CT molecular complexity index is 1260. The van der Waals surface area contributed by atoms with E-state index in [1.807, 2.05) is 12.1 Å². The summed E-state index contributed by atoms with van der Waals surface area (Å²) in [5.41, 5.74) is 11.0. The van der Waals surface area contributed by atoms with Crippen molar-refractivity contribution in [3.63, 3.8) is 0 Å². The van der Waals surface area contributed by atoms with E-state index in [1.54, 1.807) is 5.30 Å². The van der Waals surface area contributed by atoms with Gasteiger partial charge in [0.1, 0.15) is 11.5 Å². The minimum absolute atomic E-state index is 0.144. The maximum atomic E-state index is 6.48. The fourth-order valence-electron chi connectivity index (χ4n) is 6.69. The quantitative estimate of drug-likeness (QED) is 0.158. The van der Waals surface area contributed by atoms with Gasteiger partial charge in [0, 0.05) is 11.1 Å². The minimum atomic E-state index is -0.246. The molecule has 244 valence electrons. The van der Waals surface area contributed by atoms with Crippen LogP contribution in [0.2, 0.25) is 0 Å². The number of hydrogen-bond acceptors (Lipinski definition) is 3. The Morgan fingerprint density at radius 2 is 1.27 bits per heavy atom. The average Bonchev–Trinajstić information content (AvgIpc) is 3.03. The van der Waals surface area contributed by atoms with Gasteiger partial charge in [-0.2, -0.15) is 0 Å². The standard InChI is InChI=1S/C30H43O2P.C8H10N.ClH.Pd/c1-22(2)31-27-19-12-11-18-26(27)30-28(32-23(3)4)20-13-21-29(30)33(24-14-7-5-8-15-24)25-16-9-6-10-17-25;9-7-6-8-4-2-1-3-5-8;;/h11-13,18-25H,5-10,14-17H2,1-4H3;1-4H,6-7,9H2;1H;/q;;;+1/p-1. The van der Waals surface area contributed by atoms with Crippen molar-refractivity contribution in [3.05, 3.63) is 72.3 Å². The van der Waals surface area contributed by atoms with Gasteiger partial charge in [-0.25, -0.2) is 0 Å². The molecular weight excluding hydrogens is 675 g/mol. The van der Waals surface area contributed by atoms with Gasteiger partial charge in [-0.05, 0) is 82.1 Å². The van der Waals surface area contributed by atoms with Crippen LogP contribution in [0.3, 0.4) is 0 Å². The molecule has 2 saturated carbocycles. The SMILES string of the molecule is CC(C)Oc1ccccc1-c1c(OC(C)C)cccc1P(C1CCCCC1)C1CCCCC1.NCCc1cccc[c]1[Pd][Cl]. The van der Waals surface area contributed by atoms with Crippen LogP contribution in [0.4, 0.5) is 0 Å². The van der Waals surface area contributed by atoms with Crippen LogP contribution in [-0.4, -0.2) is 30.1 Å².